The van der Waals surface area contributed by atoms with Crippen LogP contribution in [0.1, 0.15) is 112 Å². The van der Waals surface area contributed by atoms with Crippen LogP contribution in [-0.2, 0) is 59.2 Å². The highest BCUT2D eigenvalue weighted by Gasteiger charge is 2.36. The van der Waals surface area contributed by atoms with Crippen molar-refractivity contribution in [2.75, 3.05) is 13.1 Å². The summed E-state index contributed by atoms with van der Waals surface area (Å²) in [5.74, 6) is -11.3. The van der Waals surface area contributed by atoms with E-state index in [2.05, 4.69) is 52.5 Å². The highest BCUT2D eigenvalue weighted by Crippen LogP contribution is 2.15. The number of phenols is 1. The van der Waals surface area contributed by atoms with E-state index < -0.39 is 145 Å². The van der Waals surface area contributed by atoms with E-state index in [9.17, 15) is 63.0 Å². The zero-order chi connectivity index (χ0) is 61.0. The molecule has 24 N–H and O–H groups in total. The standard InChI is InChI=1S/C50H85N17O13/c1-24(2)20-26(5)41(73)65-36(23-38(52)71)47(79)66-35(21-25(3)4)46(78)60-27(6)42(74)67-39(28(7)68)48(80)63-32(11-9-19-59-50(56)57)43(75)62-33(16-17-37(51)70)45(77)61-31(10-8-18-58-49(54)55)44(76)64-34(40(53)72)22-29-12-14-30(69)15-13-29/h12-15,24-28,31-36,39,68-69H,8-11,16-23H2,1-7H3,(H2,51,70)(H2,52,71)(H2,53,72)(H,60,78)(H,61,77)(H,62,75)(H,63,80)(H,64,76)(H,65,73)(H,66,79)(H,67,74)(H4,54,55,58)(H4,56,57,59)/t26-,27-,28+,31-,32-,33-,34-,35-,36-,39-/m0/s1. The number of hydrogen-bond acceptors (Lipinski definition) is 15. The van der Waals surface area contributed by atoms with Gasteiger partial charge in [0.2, 0.25) is 65.0 Å². The molecule has 30 nitrogen and oxygen atoms in total. The zero-order valence-electron chi connectivity index (χ0n) is 46.5. The van der Waals surface area contributed by atoms with Crippen molar-refractivity contribution in [3.05, 3.63) is 29.8 Å². The molecule has 0 bridgehead atoms. The second-order valence-corrected chi connectivity index (χ2v) is 20.3. The first-order valence-corrected chi connectivity index (χ1v) is 26.2. The van der Waals surface area contributed by atoms with Gasteiger partial charge in [-0.05, 0) is 88.3 Å². The van der Waals surface area contributed by atoms with Crippen LogP contribution in [0.5, 0.6) is 5.75 Å². The molecule has 1 aromatic rings. The Hall–Kier alpha value is -8.31. The molecular weight excluding hydrogens is 1050 g/mol. The highest BCUT2D eigenvalue weighted by molar-refractivity contribution is 5.99. The number of rotatable bonds is 37. The molecule has 0 fully saturated rings. The van der Waals surface area contributed by atoms with E-state index in [1.807, 2.05) is 13.8 Å². The minimum atomic E-state index is -1.80. The third-order valence-corrected chi connectivity index (χ3v) is 12.0. The molecule has 0 aliphatic carbocycles. The summed E-state index contributed by atoms with van der Waals surface area (Å²) in [6, 6.07) is -6.21. The maximum atomic E-state index is 14.2. The molecule has 0 unspecified atom stereocenters. The van der Waals surface area contributed by atoms with Crippen LogP contribution in [-0.4, -0.2) is 155 Å². The second kappa shape index (κ2) is 35.2. The lowest BCUT2D eigenvalue weighted by atomic mass is 9.97. The number of aliphatic hydroxyl groups is 1. The van der Waals surface area contributed by atoms with Crippen molar-refractivity contribution >= 4 is 76.9 Å². The topological polar surface area (TPSA) is 531 Å². The molecule has 0 saturated heterocycles. The first-order chi connectivity index (χ1) is 37.3. The number of hydrogen-bond donors (Lipinski definition) is 17. The Kier molecular flexibility index (Phi) is 30.7. The van der Waals surface area contributed by atoms with Crippen LogP contribution in [0.3, 0.4) is 0 Å². The van der Waals surface area contributed by atoms with Gasteiger partial charge in [0.15, 0.2) is 11.9 Å². The lowest BCUT2D eigenvalue weighted by Crippen LogP contribution is -2.61. The van der Waals surface area contributed by atoms with Gasteiger partial charge in [0.05, 0.1) is 12.5 Å². The van der Waals surface area contributed by atoms with E-state index in [1.54, 1.807) is 20.8 Å². The maximum Gasteiger partial charge on any atom is 0.245 e. The Morgan fingerprint density at radius 2 is 0.900 bits per heavy atom. The molecule has 0 aliphatic heterocycles. The molecule has 0 heterocycles. The minimum absolute atomic E-state index is 0.000224. The fourth-order valence-electron chi connectivity index (χ4n) is 7.85. The number of primary amides is 3. The third kappa shape index (κ3) is 27.8. The van der Waals surface area contributed by atoms with Crippen LogP contribution in [0.15, 0.2) is 34.3 Å². The van der Waals surface area contributed by atoms with Gasteiger partial charge < -0.3 is 92.9 Å². The van der Waals surface area contributed by atoms with E-state index in [0.717, 1.165) is 6.92 Å². The Balaban J connectivity index is 3.48. The average molecular weight is 1130 g/mol. The molecule has 80 heavy (non-hydrogen) atoms. The van der Waals surface area contributed by atoms with E-state index in [1.165, 1.54) is 31.2 Å². The maximum absolute atomic E-state index is 14.2. The monoisotopic (exact) mass is 1130 g/mol. The van der Waals surface area contributed by atoms with Gasteiger partial charge >= 0.3 is 0 Å². The number of amides is 11. The van der Waals surface area contributed by atoms with Crippen molar-refractivity contribution in [3.63, 3.8) is 0 Å². The number of phenolic OH excluding ortho intramolecular Hbond substituents is 1. The molecule has 30 heteroatoms. The molecular formula is C50H85N17O13. The number of guanidine groups is 2. The third-order valence-electron chi connectivity index (χ3n) is 12.0. The first kappa shape index (κ1) is 69.7. The van der Waals surface area contributed by atoms with E-state index in [0.29, 0.717) is 12.0 Å². The average Bonchev–Trinajstić information content (AvgIpc) is 3.34. The number of carbonyl (C=O) groups excluding carboxylic acids is 11. The molecule has 1 rings (SSSR count). The Morgan fingerprint density at radius 3 is 1.34 bits per heavy atom. The van der Waals surface area contributed by atoms with Crippen LogP contribution in [0.2, 0.25) is 0 Å². The predicted molar refractivity (Wildman–Crippen MR) is 294 cm³/mol. The quantitative estimate of drug-likeness (QED) is 0.0168. The highest BCUT2D eigenvalue weighted by atomic mass is 16.3. The molecule has 10 atom stereocenters. The molecule has 11 amide bonds. The number of nitrogens with one attached hydrogen (secondary N) is 8. The minimum Gasteiger partial charge on any atom is -0.508 e. The number of aliphatic hydroxyl groups excluding tert-OH is 1. The van der Waals surface area contributed by atoms with Crippen molar-refractivity contribution in [2.45, 2.75) is 167 Å². The number of nitrogens with zero attached hydrogens (tertiary/aromatic N) is 2. The van der Waals surface area contributed by atoms with Crippen molar-refractivity contribution in [1.82, 2.24) is 42.5 Å². The smallest absolute Gasteiger partial charge is 0.245 e. The molecule has 0 spiro atoms. The Morgan fingerprint density at radius 1 is 0.475 bits per heavy atom. The summed E-state index contributed by atoms with van der Waals surface area (Å²) in [6.07, 6.45) is -2.99. The molecule has 0 aromatic heterocycles. The van der Waals surface area contributed by atoms with E-state index >= 15 is 0 Å². The van der Waals surface area contributed by atoms with Crippen molar-refractivity contribution in [1.29, 1.82) is 0 Å². The summed E-state index contributed by atoms with van der Waals surface area (Å²) in [7, 11) is 0. The number of aromatic hydroxyl groups is 1. The lowest BCUT2D eigenvalue weighted by molar-refractivity contribution is -0.137. The molecule has 0 aliphatic rings. The normalized spacial score (nSPS) is 14.8. The number of nitrogens with two attached hydrogens (primary N) is 7. The number of benzene rings is 1. The van der Waals surface area contributed by atoms with Gasteiger partial charge in [-0.3, -0.25) is 62.7 Å². The molecule has 0 saturated carbocycles. The molecule has 0 radical (unpaired) electrons. The first-order valence-electron chi connectivity index (χ1n) is 26.2. The van der Waals surface area contributed by atoms with Gasteiger partial charge in [0.1, 0.15) is 54.1 Å². The van der Waals surface area contributed by atoms with Crippen molar-refractivity contribution < 1.29 is 63.0 Å². The fourth-order valence-corrected chi connectivity index (χ4v) is 7.85. The fraction of sp³-hybridized carbons (Fsp3) is 0.620. The van der Waals surface area contributed by atoms with Crippen LogP contribution in [0.25, 0.3) is 0 Å². The van der Waals surface area contributed by atoms with Crippen LogP contribution in [0, 0.1) is 17.8 Å². The number of aliphatic imine (C=N–C) groups is 2. The van der Waals surface area contributed by atoms with Gasteiger partial charge in [0.25, 0.3) is 0 Å². The summed E-state index contributed by atoms with van der Waals surface area (Å²) in [5, 5.41) is 40.3. The molecule has 1 aromatic carbocycles. The van der Waals surface area contributed by atoms with E-state index in [4.69, 9.17) is 40.1 Å². The van der Waals surface area contributed by atoms with E-state index in [-0.39, 0.29) is 81.1 Å². The summed E-state index contributed by atoms with van der Waals surface area (Å²) in [6.45, 7) is 11.3. The predicted octanol–water partition coefficient (Wildman–Crippen LogP) is -5.32. The summed E-state index contributed by atoms with van der Waals surface area (Å²) < 4.78 is 0. The van der Waals surface area contributed by atoms with Crippen LogP contribution < -0.4 is 82.7 Å². The summed E-state index contributed by atoms with van der Waals surface area (Å²) >= 11 is 0. The van der Waals surface area contributed by atoms with Gasteiger partial charge in [0, 0.05) is 31.8 Å². The Bertz CT molecular complexity index is 2340. The van der Waals surface area contributed by atoms with Crippen molar-refractivity contribution in [2.24, 2.45) is 67.9 Å². The van der Waals surface area contributed by atoms with Gasteiger partial charge in [-0.1, -0.05) is 46.8 Å². The van der Waals surface area contributed by atoms with Crippen LogP contribution >= 0.6 is 0 Å². The summed E-state index contributed by atoms with van der Waals surface area (Å²) in [4.78, 5) is 154. The van der Waals surface area contributed by atoms with Gasteiger partial charge in [-0.2, -0.15) is 0 Å². The Labute approximate surface area is 464 Å². The van der Waals surface area contributed by atoms with Gasteiger partial charge in [-0.15, -0.1) is 0 Å². The lowest BCUT2D eigenvalue weighted by Gasteiger charge is -2.28. The van der Waals surface area contributed by atoms with Gasteiger partial charge in [-0.25, -0.2) is 0 Å². The second-order valence-electron chi connectivity index (χ2n) is 20.3. The van der Waals surface area contributed by atoms with Crippen molar-refractivity contribution in [3.8, 4) is 5.75 Å². The van der Waals surface area contributed by atoms with Crippen LogP contribution in [0.4, 0.5) is 0 Å². The molecule has 448 valence electrons. The largest absolute Gasteiger partial charge is 0.508 e. The SMILES string of the molecule is CC(C)C[C@H](NC(=O)[C@H](CC(N)=O)NC(=O)[C@@H](C)CC(C)C)C(=O)N[C@@H](C)C(=O)N[C@H](C(=O)N[C@@H](CCCN=C(N)N)C(=O)N[C@@H](CCC(N)=O)C(=O)N[C@@H](CCCN=C(N)N)C(=O)N[C@@H](Cc1ccc(O)cc1)C(N)=O)[C@@H](C)O. The summed E-state index contributed by atoms with van der Waals surface area (Å²) in [5.41, 5.74) is 38.8. The zero-order valence-corrected chi connectivity index (χ0v) is 46.5. The number of carbonyl (C=O) groups is 11.